The molecule has 158 valence electrons. The van der Waals surface area contributed by atoms with Gasteiger partial charge in [0.25, 0.3) is 0 Å². The molecule has 0 saturated heterocycles. The molecule has 0 unspecified atom stereocenters. The maximum Gasteiger partial charge on any atom is 0.343 e. The van der Waals surface area contributed by atoms with Crippen molar-refractivity contribution in [2.75, 3.05) is 27.4 Å². The number of fused-ring (bicyclic) bond motifs is 2. The molecule has 0 saturated carbocycles. The minimum atomic E-state index is -0.458. The van der Waals surface area contributed by atoms with E-state index in [4.69, 9.17) is 18.9 Å². The van der Waals surface area contributed by atoms with Gasteiger partial charge in [0.1, 0.15) is 11.5 Å². The van der Waals surface area contributed by atoms with Crippen molar-refractivity contribution in [1.29, 1.82) is 0 Å². The average molecular weight is 410 g/mol. The van der Waals surface area contributed by atoms with Crippen LogP contribution in [0.3, 0.4) is 0 Å². The Morgan fingerprint density at radius 2 is 1.33 bits per heavy atom. The number of unbranched alkanes of at least 4 members (excludes halogenated alkanes) is 1. The van der Waals surface area contributed by atoms with Crippen LogP contribution in [0.2, 0.25) is 0 Å². The topological polar surface area (TPSA) is 71.1 Å². The Morgan fingerprint density at radius 1 is 0.767 bits per heavy atom. The van der Waals surface area contributed by atoms with Crippen LogP contribution in [0.4, 0.5) is 0 Å². The van der Waals surface area contributed by atoms with Crippen LogP contribution in [0.5, 0.6) is 11.5 Å². The quantitative estimate of drug-likeness (QED) is 0.384. The van der Waals surface area contributed by atoms with Gasteiger partial charge in [0.15, 0.2) is 13.2 Å². The largest absolute Gasteiger partial charge is 0.481 e. The summed E-state index contributed by atoms with van der Waals surface area (Å²) in [5, 5.41) is 3.30. The molecule has 6 nitrogen and oxygen atoms in total. The van der Waals surface area contributed by atoms with E-state index in [9.17, 15) is 9.59 Å². The molecule has 0 aliphatic carbocycles. The van der Waals surface area contributed by atoms with E-state index in [1.807, 2.05) is 36.4 Å². The molecule has 0 atom stereocenters. The standard InChI is InChI=1S/C24H26O6/c1-4-5-9-16-10-8-13-19-22(16)24(30-15-21(26)28-3)18-12-7-6-11-17(18)23(19)29-14-20(25)27-2/h6-8,10-13H,4-5,9,14-15H2,1-3H3. The fourth-order valence-corrected chi connectivity index (χ4v) is 3.48. The molecule has 0 radical (unpaired) electrons. The monoisotopic (exact) mass is 410 g/mol. The molecule has 0 bridgehead atoms. The normalized spacial score (nSPS) is 10.8. The summed E-state index contributed by atoms with van der Waals surface area (Å²) in [6.07, 6.45) is 2.92. The number of benzene rings is 3. The highest BCUT2D eigenvalue weighted by Crippen LogP contribution is 2.44. The van der Waals surface area contributed by atoms with Crippen molar-refractivity contribution in [3.8, 4) is 11.5 Å². The van der Waals surface area contributed by atoms with Crippen molar-refractivity contribution in [3.05, 3.63) is 48.0 Å². The van der Waals surface area contributed by atoms with Gasteiger partial charge < -0.3 is 18.9 Å². The van der Waals surface area contributed by atoms with E-state index in [0.29, 0.717) is 11.5 Å². The summed E-state index contributed by atoms with van der Waals surface area (Å²) in [5.74, 6) is 0.294. The lowest BCUT2D eigenvalue weighted by molar-refractivity contribution is -0.143. The van der Waals surface area contributed by atoms with Gasteiger partial charge >= 0.3 is 11.9 Å². The lowest BCUT2D eigenvalue weighted by Crippen LogP contribution is -2.14. The van der Waals surface area contributed by atoms with Gasteiger partial charge in [-0.1, -0.05) is 55.8 Å². The van der Waals surface area contributed by atoms with Gasteiger partial charge in [-0.2, -0.15) is 0 Å². The van der Waals surface area contributed by atoms with E-state index in [1.165, 1.54) is 14.2 Å². The number of carbonyl (C=O) groups is 2. The smallest absolute Gasteiger partial charge is 0.343 e. The number of carbonyl (C=O) groups excluding carboxylic acids is 2. The van der Waals surface area contributed by atoms with Crippen molar-refractivity contribution in [3.63, 3.8) is 0 Å². The third-order valence-electron chi connectivity index (χ3n) is 4.96. The minimum absolute atomic E-state index is 0.194. The number of aryl methyl sites for hydroxylation is 1. The fourth-order valence-electron chi connectivity index (χ4n) is 3.48. The summed E-state index contributed by atoms with van der Waals surface area (Å²) in [6.45, 7) is 1.75. The highest BCUT2D eigenvalue weighted by Gasteiger charge is 2.20. The maximum absolute atomic E-state index is 11.8. The summed E-state index contributed by atoms with van der Waals surface area (Å²) in [6, 6.07) is 13.6. The van der Waals surface area contributed by atoms with Crippen molar-refractivity contribution in [2.45, 2.75) is 26.2 Å². The van der Waals surface area contributed by atoms with Crippen LogP contribution < -0.4 is 9.47 Å². The zero-order chi connectivity index (χ0) is 21.5. The average Bonchev–Trinajstić information content (AvgIpc) is 2.79. The van der Waals surface area contributed by atoms with Gasteiger partial charge in [-0.05, 0) is 18.4 Å². The van der Waals surface area contributed by atoms with E-state index in [-0.39, 0.29) is 13.2 Å². The lowest BCUT2D eigenvalue weighted by atomic mass is 9.94. The second kappa shape index (κ2) is 9.96. The second-order valence-electron chi connectivity index (χ2n) is 6.88. The summed E-state index contributed by atoms with van der Waals surface area (Å²) < 4.78 is 21.4. The van der Waals surface area contributed by atoms with Gasteiger partial charge in [-0.25, -0.2) is 9.59 Å². The van der Waals surface area contributed by atoms with Crippen molar-refractivity contribution in [2.24, 2.45) is 0 Å². The first kappa shape index (κ1) is 21.4. The van der Waals surface area contributed by atoms with E-state index in [0.717, 1.165) is 46.4 Å². The van der Waals surface area contributed by atoms with Crippen LogP contribution in [-0.2, 0) is 25.5 Å². The molecule has 0 aromatic heterocycles. The number of hydrogen-bond acceptors (Lipinski definition) is 6. The molecule has 0 fully saturated rings. The van der Waals surface area contributed by atoms with Crippen LogP contribution >= 0.6 is 0 Å². The molecule has 3 aromatic carbocycles. The first-order valence-electron chi connectivity index (χ1n) is 9.96. The summed E-state index contributed by atoms with van der Waals surface area (Å²) >= 11 is 0. The minimum Gasteiger partial charge on any atom is -0.481 e. The van der Waals surface area contributed by atoms with Gasteiger partial charge in [0.2, 0.25) is 0 Å². The number of hydrogen-bond donors (Lipinski definition) is 0. The van der Waals surface area contributed by atoms with Crippen LogP contribution in [0.15, 0.2) is 42.5 Å². The van der Waals surface area contributed by atoms with E-state index in [2.05, 4.69) is 13.0 Å². The molecule has 0 amide bonds. The molecule has 0 heterocycles. The predicted octanol–water partition coefficient (Wildman–Crippen LogP) is 4.44. The Labute approximate surface area is 175 Å². The maximum atomic E-state index is 11.8. The Morgan fingerprint density at radius 3 is 1.93 bits per heavy atom. The lowest BCUT2D eigenvalue weighted by Gasteiger charge is -2.19. The second-order valence-corrected chi connectivity index (χ2v) is 6.88. The van der Waals surface area contributed by atoms with Crippen molar-refractivity contribution in [1.82, 2.24) is 0 Å². The molecular formula is C24H26O6. The van der Waals surface area contributed by atoms with Crippen LogP contribution in [0.25, 0.3) is 21.5 Å². The molecule has 0 spiro atoms. The fraction of sp³-hybridized carbons (Fsp3) is 0.333. The molecular weight excluding hydrogens is 384 g/mol. The molecule has 0 aliphatic heterocycles. The Bertz CT molecular complexity index is 1060. The van der Waals surface area contributed by atoms with Gasteiger partial charge in [-0.15, -0.1) is 0 Å². The zero-order valence-corrected chi connectivity index (χ0v) is 17.5. The molecule has 30 heavy (non-hydrogen) atoms. The third-order valence-corrected chi connectivity index (χ3v) is 4.96. The number of ether oxygens (including phenoxy) is 4. The highest BCUT2D eigenvalue weighted by atomic mass is 16.6. The molecule has 3 aromatic rings. The van der Waals surface area contributed by atoms with E-state index in [1.54, 1.807) is 0 Å². The Hall–Kier alpha value is -3.28. The number of esters is 2. The predicted molar refractivity (Wildman–Crippen MR) is 115 cm³/mol. The Balaban J connectivity index is 2.26. The van der Waals surface area contributed by atoms with Crippen LogP contribution in [-0.4, -0.2) is 39.4 Å². The summed E-state index contributed by atoms with van der Waals surface area (Å²) in [4.78, 5) is 23.5. The van der Waals surface area contributed by atoms with Crippen LogP contribution in [0, 0.1) is 0 Å². The van der Waals surface area contributed by atoms with Gasteiger partial charge in [0, 0.05) is 21.5 Å². The SMILES string of the molecule is CCCCc1cccc2c(OCC(=O)OC)c3ccccc3c(OCC(=O)OC)c12. The molecule has 3 rings (SSSR count). The number of methoxy groups -OCH3 is 2. The Kier molecular flexibility index (Phi) is 7.12. The molecule has 6 heteroatoms. The highest BCUT2D eigenvalue weighted by molar-refractivity contribution is 6.12. The summed E-state index contributed by atoms with van der Waals surface area (Å²) in [5.41, 5.74) is 1.10. The zero-order valence-electron chi connectivity index (χ0n) is 17.5. The van der Waals surface area contributed by atoms with E-state index >= 15 is 0 Å². The first-order valence-corrected chi connectivity index (χ1v) is 9.96. The van der Waals surface area contributed by atoms with Crippen molar-refractivity contribution >= 4 is 33.5 Å². The third kappa shape index (κ3) is 4.48. The molecule has 0 aliphatic rings. The van der Waals surface area contributed by atoms with E-state index < -0.39 is 11.9 Å². The van der Waals surface area contributed by atoms with Crippen LogP contribution in [0.1, 0.15) is 25.3 Å². The van der Waals surface area contributed by atoms with Crippen molar-refractivity contribution < 1.29 is 28.5 Å². The van der Waals surface area contributed by atoms with Gasteiger partial charge in [-0.3, -0.25) is 0 Å². The summed E-state index contributed by atoms with van der Waals surface area (Å²) in [7, 11) is 2.66. The number of rotatable bonds is 9. The first-order chi connectivity index (χ1) is 14.6. The van der Waals surface area contributed by atoms with Gasteiger partial charge in [0.05, 0.1) is 14.2 Å². The molecule has 0 N–H and O–H groups in total.